The fourth-order valence-electron chi connectivity index (χ4n) is 2.88. The number of esters is 1. The molecule has 7 nitrogen and oxygen atoms in total. The van der Waals surface area contributed by atoms with Gasteiger partial charge >= 0.3 is 5.97 Å². The first-order valence-electron chi connectivity index (χ1n) is 9.23. The molecule has 1 aromatic carbocycles. The number of hydrogen-bond donors (Lipinski definition) is 0. The molecule has 0 amide bonds. The monoisotopic (exact) mass is 443 g/mol. The van der Waals surface area contributed by atoms with E-state index < -0.39 is 5.97 Å². The van der Waals surface area contributed by atoms with E-state index in [0.29, 0.717) is 46.2 Å². The van der Waals surface area contributed by atoms with Crippen LogP contribution >= 0.6 is 23.4 Å². The number of hydrogen-bond acceptors (Lipinski definition) is 7. The van der Waals surface area contributed by atoms with E-state index in [4.69, 9.17) is 25.2 Å². The van der Waals surface area contributed by atoms with E-state index >= 15 is 0 Å². The third-order valence-electron chi connectivity index (χ3n) is 4.29. The minimum absolute atomic E-state index is 0.304. The Balaban J connectivity index is 1.61. The number of aromatic nitrogens is 3. The molecular weight excluding hydrogens is 426 g/mol. The highest BCUT2D eigenvalue weighted by molar-refractivity contribution is 7.98. The number of carbonyl (C=O) groups excluding carboxylic acids is 1. The second-order valence-electron chi connectivity index (χ2n) is 6.25. The fourth-order valence-corrected chi connectivity index (χ4v) is 3.90. The second kappa shape index (κ2) is 9.23. The van der Waals surface area contributed by atoms with Gasteiger partial charge in [-0.25, -0.2) is 4.79 Å². The number of thioether (sulfide) groups is 1. The lowest BCUT2D eigenvalue weighted by Crippen LogP contribution is -2.06. The Morgan fingerprint density at radius 1 is 1.13 bits per heavy atom. The molecule has 0 bridgehead atoms. The van der Waals surface area contributed by atoms with Crippen LogP contribution in [0, 0.1) is 0 Å². The second-order valence-corrected chi connectivity index (χ2v) is 7.62. The molecule has 0 aliphatic heterocycles. The van der Waals surface area contributed by atoms with Gasteiger partial charge in [-0.3, -0.25) is 4.57 Å². The van der Waals surface area contributed by atoms with Gasteiger partial charge in [0, 0.05) is 10.6 Å². The summed E-state index contributed by atoms with van der Waals surface area (Å²) < 4.78 is 18.0. The maximum atomic E-state index is 12.1. The first-order valence-corrected chi connectivity index (χ1v) is 10.6. The molecule has 0 spiro atoms. The number of rotatable bonds is 8. The molecule has 3 heterocycles. The van der Waals surface area contributed by atoms with E-state index in [0.717, 1.165) is 11.3 Å². The normalized spacial score (nSPS) is 11.0. The van der Waals surface area contributed by atoms with Crippen LogP contribution in [0.5, 0.6) is 0 Å². The summed E-state index contributed by atoms with van der Waals surface area (Å²) in [6.45, 7) is 2.53. The molecule has 0 saturated carbocycles. The van der Waals surface area contributed by atoms with Crippen LogP contribution in [0.2, 0.25) is 5.02 Å². The lowest BCUT2D eigenvalue weighted by atomic mass is 10.2. The molecule has 0 unspecified atom stereocenters. The van der Waals surface area contributed by atoms with Crippen LogP contribution in [0.3, 0.4) is 0 Å². The maximum Gasteiger partial charge on any atom is 0.341 e. The number of nitrogens with zero attached hydrogens (tertiary/aromatic N) is 3. The molecule has 0 fully saturated rings. The molecule has 0 saturated heterocycles. The largest absolute Gasteiger partial charge is 0.468 e. The summed E-state index contributed by atoms with van der Waals surface area (Å²) in [5, 5.41) is 10.0. The number of carbonyl (C=O) groups is 1. The number of furan rings is 2. The van der Waals surface area contributed by atoms with Gasteiger partial charge in [0.25, 0.3) is 0 Å². The van der Waals surface area contributed by atoms with Gasteiger partial charge in [-0.15, -0.1) is 10.2 Å². The van der Waals surface area contributed by atoms with Crippen molar-refractivity contribution in [3.8, 4) is 11.4 Å². The standard InChI is InChI=1S/C21H18ClN3O4S/c1-2-27-20(26)17-9-11-29-18(17)13-30-21-24-23-19(14-5-7-15(22)8-6-14)25(21)12-16-4-3-10-28-16/h3-11H,2,12-13H2,1H3. The van der Waals surface area contributed by atoms with Gasteiger partial charge in [-0.1, -0.05) is 23.4 Å². The Morgan fingerprint density at radius 3 is 2.70 bits per heavy atom. The van der Waals surface area contributed by atoms with E-state index in [-0.39, 0.29) is 0 Å². The van der Waals surface area contributed by atoms with Crippen LogP contribution in [0.4, 0.5) is 0 Å². The lowest BCUT2D eigenvalue weighted by Gasteiger charge is -2.09. The molecule has 9 heteroatoms. The molecule has 0 atom stereocenters. The molecule has 4 rings (SSSR count). The van der Waals surface area contributed by atoms with Crippen molar-refractivity contribution >= 4 is 29.3 Å². The van der Waals surface area contributed by atoms with Gasteiger partial charge in [0.05, 0.1) is 31.4 Å². The molecular formula is C21H18ClN3O4S. The lowest BCUT2D eigenvalue weighted by molar-refractivity contribution is 0.0524. The average Bonchev–Trinajstić information content (AvgIpc) is 3.49. The van der Waals surface area contributed by atoms with Crippen molar-refractivity contribution in [3.63, 3.8) is 0 Å². The predicted molar refractivity (Wildman–Crippen MR) is 113 cm³/mol. The van der Waals surface area contributed by atoms with E-state index in [9.17, 15) is 4.79 Å². The summed E-state index contributed by atoms with van der Waals surface area (Å²) in [5.41, 5.74) is 1.30. The van der Waals surface area contributed by atoms with Gasteiger partial charge in [-0.2, -0.15) is 0 Å². The van der Waals surface area contributed by atoms with Crippen LogP contribution in [0.25, 0.3) is 11.4 Å². The summed E-state index contributed by atoms with van der Waals surface area (Å²) in [5.74, 6) is 1.99. The highest BCUT2D eigenvalue weighted by Gasteiger charge is 2.20. The third-order valence-corrected chi connectivity index (χ3v) is 5.51. The zero-order valence-electron chi connectivity index (χ0n) is 16.1. The van der Waals surface area contributed by atoms with Crippen molar-refractivity contribution in [2.24, 2.45) is 0 Å². The van der Waals surface area contributed by atoms with Crippen LogP contribution in [0.15, 0.2) is 69.0 Å². The molecule has 30 heavy (non-hydrogen) atoms. The Hall–Kier alpha value is -2.97. The van der Waals surface area contributed by atoms with Gasteiger partial charge in [0.2, 0.25) is 0 Å². The van der Waals surface area contributed by atoms with Crippen molar-refractivity contribution in [1.29, 1.82) is 0 Å². The van der Waals surface area contributed by atoms with E-state index in [1.165, 1.54) is 18.0 Å². The van der Waals surface area contributed by atoms with Gasteiger partial charge < -0.3 is 13.6 Å². The van der Waals surface area contributed by atoms with E-state index in [1.807, 2.05) is 41.0 Å². The molecule has 0 aliphatic carbocycles. The summed E-state index contributed by atoms with van der Waals surface area (Å²) in [6.07, 6.45) is 3.11. The topological polar surface area (TPSA) is 83.3 Å². The summed E-state index contributed by atoms with van der Waals surface area (Å²) in [4.78, 5) is 12.1. The van der Waals surface area contributed by atoms with Crippen molar-refractivity contribution in [3.05, 3.63) is 77.1 Å². The molecule has 0 aliphatic rings. The highest BCUT2D eigenvalue weighted by Crippen LogP contribution is 2.29. The quantitative estimate of drug-likeness (QED) is 0.270. The Morgan fingerprint density at radius 2 is 1.97 bits per heavy atom. The fraction of sp³-hybridized carbons (Fsp3) is 0.190. The average molecular weight is 444 g/mol. The van der Waals surface area contributed by atoms with Gasteiger partial charge in [0.15, 0.2) is 11.0 Å². The van der Waals surface area contributed by atoms with Crippen molar-refractivity contribution in [1.82, 2.24) is 14.8 Å². The van der Waals surface area contributed by atoms with Crippen molar-refractivity contribution in [2.75, 3.05) is 6.61 Å². The predicted octanol–water partition coefficient (Wildman–Crippen LogP) is 5.30. The first-order chi connectivity index (χ1) is 14.7. The zero-order chi connectivity index (χ0) is 20.9. The zero-order valence-corrected chi connectivity index (χ0v) is 17.7. The summed E-state index contributed by atoms with van der Waals surface area (Å²) >= 11 is 7.43. The van der Waals surface area contributed by atoms with Crippen molar-refractivity contribution < 1.29 is 18.4 Å². The van der Waals surface area contributed by atoms with Crippen LogP contribution < -0.4 is 0 Å². The summed E-state index contributed by atoms with van der Waals surface area (Å²) in [6, 6.07) is 12.7. The Labute approximate surface area is 182 Å². The van der Waals surface area contributed by atoms with Crippen LogP contribution in [0.1, 0.15) is 28.8 Å². The highest BCUT2D eigenvalue weighted by atomic mass is 35.5. The van der Waals surface area contributed by atoms with Crippen LogP contribution in [-0.4, -0.2) is 27.3 Å². The molecule has 0 N–H and O–H groups in total. The minimum Gasteiger partial charge on any atom is -0.468 e. The van der Waals surface area contributed by atoms with E-state index in [1.54, 1.807) is 19.3 Å². The minimum atomic E-state index is -0.402. The Bertz CT molecular complexity index is 1120. The molecule has 4 aromatic rings. The van der Waals surface area contributed by atoms with Gasteiger partial charge in [-0.05, 0) is 49.4 Å². The molecule has 154 valence electrons. The summed E-state index contributed by atoms with van der Waals surface area (Å²) in [7, 11) is 0. The number of halogens is 1. The van der Waals surface area contributed by atoms with Crippen molar-refractivity contribution in [2.45, 2.75) is 24.4 Å². The smallest absolute Gasteiger partial charge is 0.341 e. The third kappa shape index (κ3) is 4.44. The molecule has 3 aromatic heterocycles. The van der Waals surface area contributed by atoms with E-state index in [2.05, 4.69) is 10.2 Å². The molecule has 0 radical (unpaired) electrons. The number of ether oxygens (including phenoxy) is 1. The maximum absolute atomic E-state index is 12.1. The first kappa shape index (κ1) is 20.3. The van der Waals surface area contributed by atoms with Gasteiger partial charge in [0.1, 0.15) is 17.1 Å². The van der Waals surface area contributed by atoms with Crippen LogP contribution in [-0.2, 0) is 17.0 Å². The Kier molecular flexibility index (Phi) is 6.25. The SMILES string of the molecule is CCOC(=O)c1ccoc1CSc1nnc(-c2ccc(Cl)cc2)n1Cc1ccco1. The number of benzene rings is 1.